The van der Waals surface area contributed by atoms with Gasteiger partial charge in [0.2, 0.25) is 0 Å². The maximum atomic E-state index is 13.1. The fourth-order valence-corrected chi connectivity index (χ4v) is 2.81. The van der Waals surface area contributed by atoms with Crippen molar-refractivity contribution >= 4 is 17.1 Å². The molecule has 1 aromatic heterocycles. The molecule has 3 nitrogen and oxygen atoms in total. The van der Waals surface area contributed by atoms with Crippen LogP contribution in [-0.2, 0) is 6.54 Å². The lowest BCUT2D eigenvalue weighted by molar-refractivity contribution is 0.0967. The second kappa shape index (κ2) is 6.87. The molecule has 0 aliphatic carbocycles. The normalized spacial score (nSPS) is 11.1. The zero-order valence-corrected chi connectivity index (χ0v) is 12.7. The summed E-state index contributed by atoms with van der Waals surface area (Å²) in [5.74, 6) is -1.72. The monoisotopic (exact) mass is 310 g/mol. The van der Waals surface area contributed by atoms with Crippen molar-refractivity contribution in [3.05, 3.63) is 51.5 Å². The zero-order chi connectivity index (χ0) is 15.4. The maximum Gasteiger partial charge on any atom is 0.164 e. The zero-order valence-electron chi connectivity index (χ0n) is 11.9. The third-order valence-corrected chi connectivity index (χ3v) is 4.08. The van der Waals surface area contributed by atoms with Crippen molar-refractivity contribution in [2.45, 2.75) is 19.9 Å². The molecule has 2 aromatic rings. The van der Waals surface area contributed by atoms with Crippen molar-refractivity contribution in [2.75, 3.05) is 13.6 Å². The van der Waals surface area contributed by atoms with Crippen molar-refractivity contribution in [3.8, 4) is 0 Å². The van der Waals surface area contributed by atoms with Gasteiger partial charge in [0.05, 0.1) is 11.2 Å². The van der Waals surface area contributed by atoms with Crippen LogP contribution in [0.2, 0.25) is 0 Å². The van der Waals surface area contributed by atoms with Crippen LogP contribution in [0.25, 0.3) is 0 Å². The second-order valence-electron chi connectivity index (χ2n) is 4.93. The molecule has 0 aliphatic heterocycles. The fraction of sp³-hybridized carbons (Fsp3) is 0.333. The maximum absolute atomic E-state index is 13.1. The Balaban J connectivity index is 1.90. The molecule has 0 radical (unpaired) electrons. The van der Waals surface area contributed by atoms with Gasteiger partial charge < -0.3 is 4.90 Å². The van der Waals surface area contributed by atoms with E-state index < -0.39 is 11.6 Å². The Bertz CT molecular complexity index is 622. The lowest BCUT2D eigenvalue weighted by atomic mass is 10.1. The third-order valence-electron chi connectivity index (χ3n) is 3.16. The number of Topliss-reactive ketones (excluding diaryl/α,β-unsaturated/α-hetero) is 1. The summed E-state index contributed by atoms with van der Waals surface area (Å²) in [5, 5.41) is 0. The molecule has 0 aliphatic rings. The van der Waals surface area contributed by atoms with Gasteiger partial charge in [-0.1, -0.05) is 0 Å². The van der Waals surface area contributed by atoms with Gasteiger partial charge in [-0.25, -0.2) is 13.8 Å². The number of nitrogens with zero attached hydrogens (tertiary/aromatic N) is 2. The Kier molecular flexibility index (Phi) is 5.14. The predicted molar refractivity (Wildman–Crippen MR) is 78.5 cm³/mol. The first-order valence-electron chi connectivity index (χ1n) is 6.52. The molecule has 0 spiro atoms. The van der Waals surface area contributed by atoms with Crippen LogP contribution in [0.3, 0.4) is 0 Å². The first-order chi connectivity index (χ1) is 9.95. The molecule has 0 atom stereocenters. The van der Waals surface area contributed by atoms with Crippen LogP contribution in [0.1, 0.15) is 27.3 Å². The van der Waals surface area contributed by atoms with Crippen LogP contribution in [0.5, 0.6) is 0 Å². The Morgan fingerprint density at radius 2 is 1.95 bits per heavy atom. The standard InChI is InChI=1S/C15H16F2N2OS/c1-10-15(21-9-18-10)8-19(2)4-3-14(20)11-5-12(16)7-13(17)6-11/h5-7,9H,3-4,8H2,1-2H3. The lowest BCUT2D eigenvalue weighted by Crippen LogP contribution is -2.21. The van der Waals surface area contributed by atoms with Crippen LogP contribution >= 0.6 is 11.3 Å². The van der Waals surface area contributed by atoms with Gasteiger partial charge in [0.1, 0.15) is 11.6 Å². The minimum atomic E-state index is -0.730. The Hall–Kier alpha value is -1.66. The first kappa shape index (κ1) is 15.7. The second-order valence-corrected chi connectivity index (χ2v) is 5.87. The van der Waals surface area contributed by atoms with E-state index >= 15 is 0 Å². The van der Waals surface area contributed by atoms with Crippen LogP contribution in [-0.4, -0.2) is 29.3 Å². The number of carbonyl (C=O) groups is 1. The highest BCUT2D eigenvalue weighted by Crippen LogP contribution is 2.15. The average Bonchev–Trinajstić information content (AvgIpc) is 2.80. The fourth-order valence-electron chi connectivity index (χ4n) is 1.95. The number of hydrogen-bond acceptors (Lipinski definition) is 4. The Labute approximate surface area is 126 Å². The first-order valence-corrected chi connectivity index (χ1v) is 7.40. The van der Waals surface area contributed by atoms with Gasteiger partial charge in [-0.05, 0) is 26.1 Å². The molecular weight excluding hydrogens is 294 g/mol. The van der Waals surface area contributed by atoms with Crippen molar-refractivity contribution in [3.63, 3.8) is 0 Å². The largest absolute Gasteiger partial charge is 0.301 e. The number of rotatable bonds is 6. The quantitative estimate of drug-likeness (QED) is 0.766. The van der Waals surface area contributed by atoms with E-state index in [1.165, 1.54) is 0 Å². The van der Waals surface area contributed by atoms with Gasteiger partial charge in [0.25, 0.3) is 0 Å². The highest BCUT2D eigenvalue weighted by atomic mass is 32.1. The molecule has 0 bridgehead atoms. The highest BCUT2D eigenvalue weighted by Gasteiger charge is 2.12. The van der Waals surface area contributed by atoms with E-state index in [2.05, 4.69) is 4.98 Å². The molecule has 112 valence electrons. The lowest BCUT2D eigenvalue weighted by Gasteiger charge is -2.15. The van der Waals surface area contributed by atoms with E-state index in [1.807, 2.05) is 18.9 Å². The summed E-state index contributed by atoms with van der Waals surface area (Å²) in [5.41, 5.74) is 2.86. The molecule has 21 heavy (non-hydrogen) atoms. The molecule has 0 saturated carbocycles. The number of ketones is 1. The Morgan fingerprint density at radius 1 is 1.29 bits per heavy atom. The molecule has 0 saturated heterocycles. The molecule has 0 N–H and O–H groups in total. The van der Waals surface area contributed by atoms with Crippen molar-refractivity contribution < 1.29 is 13.6 Å². The molecule has 0 fully saturated rings. The SMILES string of the molecule is Cc1ncsc1CN(C)CCC(=O)c1cc(F)cc(F)c1. The minimum absolute atomic E-state index is 0.0786. The van der Waals surface area contributed by atoms with E-state index in [4.69, 9.17) is 0 Å². The van der Waals surface area contributed by atoms with Crippen molar-refractivity contribution in [2.24, 2.45) is 0 Å². The van der Waals surface area contributed by atoms with Gasteiger partial charge in [0.15, 0.2) is 5.78 Å². The molecule has 0 unspecified atom stereocenters. The van der Waals surface area contributed by atoms with E-state index in [9.17, 15) is 13.6 Å². The van der Waals surface area contributed by atoms with Gasteiger partial charge in [-0.3, -0.25) is 4.79 Å². The van der Waals surface area contributed by atoms with Gasteiger partial charge in [-0.2, -0.15) is 0 Å². The van der Waals surface area contributed by atoms with E-state index in [0.717, 1.165) is 28.8 Å². The molecule has 2 rings (SSSR count). The summed E-state index contributed by atoms with van der Waals surface area (Å²) in [6.45, 7) is 3.18. The summed E-state index contributed by atoms with van der Waals surface area (Å²) in [4.78, 5) is 19.3. The van der Waals surface area contributed by atoms with E-state index in [0.29, 0.717) is 13.1 Å². The minimum Gasteiger partial charge on any atom is -0.301 e. The molecule has 0 amide bonds. The summed E-state index contributed by atoms with van der Waals surface area (Å²) in [6, 6.07) is 2.90. The van der Waals surface area contributed by atoms with Gasteiger partial charge >= 0.3 is 0 Å². The van der Waals surface area contributed by atoms with Gasteiger partial charge in [0, 0.05) is 36.0 Å². The average molecular weight is 310 g/mol. The number of aryl methyl sites for hydroxylation is 1. The molecule has 1 aromatic carbocycles. The predicted octanol–water partition coefficient (Wildman–Crippen LogP) is 3.43. The van der Waals surface area contributed by atoms with Crippen LogP contribution in [0, 0.1) is 18.6 Å². The number of halogens is 2. The summed E-state index contributed by atoms with van der Waals surface area (Å²) >= 11 is 1.58. The third kappa shape index (κ3) is 4.41. The molecular formula is C15H16F2N2OS. The van der Waals surface area contributed by atoms with Crippen LogP contribution in [0.15, 0.2) is 23.7 Å². The number of thiazole rings is 1. The number of carbonyl (C=O) groups excluding carboxylic acids is 1. The van der Waals surface area contributed by atoms with E-state index in [1.54, 1.807) is 16.8 Å². The summed E-state index contributed by atoms with van der Waals surface area (Å²) in [6.07, 6.45) is 0.219. The van der Waals surface area contributed by atoms with Crippen LogP contribution < -0.4 is 0 Å². The number of benzene rings is 1. The van der Waals surface area contributed by atoms with E-state index in [-0.39, 0.29) is 17.8 Å². The van der Waals surface area contributed by atoms with Crippen LogP contribution in [0.4, 0.5) is 8.78 Å². The van der Waals surface area contributed by atoms with Crippen molar-refractivity contribution in [1.29, 1.82) is 0 Å². The van der Waals surface area contributed by atoms with Crippen molar-refractivity contribution in [1.82, 2.24) is 9.88 Å². The summed E-state index contributed by atoms with van der Waals surface area (Å²) in [7, 11) is 1.90. The number of hydrogen-bond donors (Lipinski definition) is 0. The topological polar surface area (TPSA) is 33.2 Å². The summed E-state index contributed by atoms with van der Waals surface area (Å²) < 4.78 is 26.2. The molecule has 6 heteroatoms. The molecule has 1 heterocycles. The highest BCUT2D eigenvalue weighted by molar-refractivity contribution is 7.09. The smallest absolute Gasteiger partial charge is 0.164 e. The Morgan fingerprint density at radius 3 is 2.52 bits per heavy atom. The number of aromatic nitrogens is 1. The van der Waals surface area contributed by atoms with Gasteiger partial charge in [-0.15, -0.1) is 11.3 Å².